The van der Waals surface area contributed by atoms with Crippen LogP contribution in [0.15, 0.2) is 45.9 Å². The van der Waals surface area contributed by atoms with Crippen molar-refractivity contribution in [3.63, 3.8) is 0 Å². The van der Waals surface area contributed by atoms with Gasteiger partial charge in [-0.15, -0.1) is 5.10 Å². The van der Waals surface area contributed by atoms with Crippen molar-refractivity contribution >= 4 is 22.6 Å². The molecule has 1 fully saturated rings. The zero-order valence-corrected chi connectivity index (χ0v) is 22.5. The molecule has 0 radical (unpaired) electrons. The summed E-state index contributed by atoms with van der Waals surface area (Å²) in [4.78, 5) is 28.5. The minimum Gasteiger partial charge on any atom is -0.477 e. The highest BCUT2D eigenvalue weighted by molar-refractivity contribution is 5.93. The Morgan fingerprint density at radius 1 is 1.21 bits per heavy atom. The van der Waals surface area contributed by atoms with Gasteiger partial charge >= 0.3 is 5.97 Å². The second-order valence-electron chi connectivity index (χ2n) is 10.7. The normalized spacial score (nSPS) is 15.7. The lowest BCUT2D eigenvalue weighted by atomic mass is 10.0. The third-order valence-corrected chi connectivity index (χ3v) is 7.22. The van der Waals surface area contributed by atoms with Crippen LogP contribution in [0.3, 0.4) is 0 Å². The molecule has 1 saturated heterocycles. The topological polar surface area (TPSA) is 123 Å². The number of hydrogen-bond donors (Lipinski definition) is 1. The Morgan fingerprint density at radius 2 is 1.95 bits per heavy atom. The van der Waals surface area contributed by atoms with Crippen molar-refractivity contribution in [3.8, 4) is 0 Å². The van der Waals surface area contributed by atoms with Gasteiger partial charge < -0.3 is 19.0 Å². The van der Waals surface area contributed by atoms with Gasteiger partial charge in [-0.25, -0.2) is 13.9 Å². The van der Waals surface area contributed by atoms with E-state index in [-0.39, 0.29) is 22.5 Å². The first kappa shape index (κ1) is 26.5. The number of anilines is 1. The van der Waals surface area contributed by atoms with Crippen LogP contribution < -0.4 is 10.3 Å². The molecule has 4 heterocycles. The largest absolute Gasteiger partial charge is 0.477 e. The zero-order valence-electron chi connectivity index (χ0n) is 22.5. The lowest BCUT2D eigenvalue weighted by molar-refractivity contribution is 0.0695. The maximum absolute atomic E-state index is 15.4. The molecule has 1 N–H and O–H groups in total. The quantitative estimate of drug-likeness (QED) is 0.378. The third kappa shape index (κ3) is 5.03. The van der Waals surface area contributed by atoms with Crippen LogP contribution in [0.1, 0.15) is 55.7 Å². The van der Waals surface area contributed by atoms with Gasteiger partial charge in [-0.05, 0) is 62.4 Å². The predicted octanol–water partition coefficient (Wildman–Crippen LogP) is 3.30. The van der Waals surface area contributed by atoms with E-state index >= 15 is 4.39 Å². The average molecular weight is 538 g/mol. The second-order valence-corrected chi connectivity index (χ2v) is 10.7. The number of halogens is 1. The fourth-order valence-electron chi connectivity index (χ4n) is 5.21. The molecule has 1 aromatic carbocycles. The average Bonchev–Trinajstić information content (AvgIpc) is 3.60. The zero-order chi connectivity index (χ0) is 27.9. The number of aromatic nitrogens is 5. The Bertz CT molecular complexity index is 1550. The van der Waals surface area contributed by atoms with Gasteiger partial charge in [0.1, 0.15) is 17.1 Å². The van der Waals surface area contributed by atoms with E-state index in [9.17, 15) is 14.7 Å². The van der Waals surface area contributed by atoms with E-state index in [4.69, 9.17) is 4.42 Å². The summed E-state index contributed by atoms with van der Waals surface area (Å²) in [5, 5.41) is 22.1. The standard InChI is InChI=1S/C27H32FN7O4/c1-5-32-16-19(26(37)38)24(36)18-14-20(28)22(15-21(18)32)33-8-10-34(11-9-33)23(13-17-7-6-12-39-17)25-29-30-31-35(25)27(2,3)4/h6-7,12,14-16,23H,5,8-11,13H2,1-4H3,(H,37,38). The summed E-state index contributed by atoms with van der Waals surface area (Å²) in [5.41, 5.74) is -0.480. The summed E-state index contributed by atoms with van der Waals surface area (Å²) in [7, 11) is 0. The molecule has 12 heteroatoms. The molecule has 0 amide bonds. The number of piperazine rings is 1. The van der Waals surface area contributed by atoms with E-state index < -0.39 is 17.2 Å². The molecule has 39 heavy (non-hydrogen) atoms. The number of carboxylic acids is 1. The minimum atomic E-state index is -1.33. The highest BCUT2D eigenvalue weighted by Crippen LogP contribution is 2.31. The van der Waals surface area contributed by atoms with Crippen LogP contribution in [0.4, 0.5) is 10.1 Å². The molecular formula is C27H32FN7O4. The van der Waals surface area contributed by atoms with Gasteiger partial charge in [0.05, 0.1) is 29.0 Å². The van der Waals surface area contributed by atoms with Crippen LogP contribution in [0.25, 0.3) is 10.9 Å². The first-order chi connectivity index (χ1) is 18.6. The molecule has 1 atom stereocenters. The van der Waals surface area contributed by atoms with E-state index in [2.05, 4.69) is 20.4 Å². The maximum Gasteiger partial charge on any atom is 0.341 e. The number of pyridine rings is 1. The Morgan fingerprint density at radius 3 is 2.56 bits per heavy atom. The molecule has 3 aromatic heterocycles. The summed E-state index contributed by atoms with van der Waals surface area (Å²) in [6, 6.07) is 6.46. The third-order valence-electron chi connectivity index (χ3n) is 7.22. The van der Waals surface area contributed by atoms with Crippen LogP contribution in [0, 0.1) is 5.82 Å². The molecular weight excluding hydrogens is 505 g/mol. The lowest BCUT2D eigenvalue weighted by Crippen LogP contribution is -2.49. The highest BCUT2D eigenvalue weighted by atomic mass is 19.1. The van der Waals surface area contributed by atoms with Crippen molar-refractivity contribution in [2.24, 2.45) is 0 Å². The number of carbonyl (C=O) groups is 1. The fraction of sp³-hybridized carbons (Fsp3) is 0.444. The van der Waals surface area contributed by atoms with E-state index in [0.29, 0.717) is 50.3 Å². The van der Waals surface area contributed by atoms with Crippen molar-refractivity contribution in [1.29, 1.82) is 0 Å². The summed E-state index contributed by atoms with van der Waals surface area (Å²) in [6.07, 6.45) is 3.56. The predicted molar refractivity (Wildman–Crippen MR) is 143 cm³/mol. The molecule has 0 spiro atoms. The summed E-state index contributed by atoms with van der Waals surface area (Å²) in [5.74, 6) is -0.316. The second kappa shape index (κ2) is 10.3. The van der Waals surface area contributed by atoms with Crippen molar-refractivity contribution < 1.29 is 18.7 Å². The van der Waals surface area contributed by atoms with E-state index in [0.717, 1.165) is 17.7 Å². The SMILES string of the molecule is CCn1cc(C(=O)O)c(=O)c2cc(F)c(N3CCN(C(Cc4ccco4)c4nnnn4C(C)(C)C)CC3)cc21. The van der Waals surface area contributed by atoms with Crippen LogP contribution in [-0.2, 0) is 18.5 Å². The molecule has 206 valence electrons. The number of aryl methyl sites for hydroxylation is 1. The van der Waals surface area contributed by atoms with Crippen molar-refractivity contribution in [1.82, 2.24) is 29.7 Å². The highest BCUT2D eigenvalue weighted by Gasteiger charge is 2.33. The monoisotopic (exact) mass is 537 g/mol. The Labute approximate surface area is 224 Å². The molecule has 11 nitrogen and oxygen atoms in total. The molecule has 1 unspecified atom stereocenters. The van der Waals surface area contributed by atoms with Crippen LogP contribution in [0.2, 0.25) is 0 Å². The first-order valence-electron chi connectivity index (χ1n) is 13.0. The molecule has 0 bridgehead atoms. The number of fused-ring (bicyclic) bond motifs is 1. The molecule has 1 aliphatic heterocycles. The Hall–Kier alpha value is -4.06. The Kier molecular flexibility index (Phi) is 6.98. The van der Waals surface area contributed by atoms with E-state index in [1.807, 2.05) is 49.4 Å². The van der Waals surface area contributed by atoms with Gasteiger partial charge in [0.15, 0.2) is 5.82 Å². The number of benzene rings is 1. The number of furan rings is 1. The molecule has 0 saturated carbocycles. The number of hydrogen-bond acceptors (Lipinski definition) is 8. The van der Waals surface area contributed by atoms with Crippen molar-refractivity contribution in [2.45, 2.75) is 52.2 Å². The van der Waals surface area contributed by atoms with Crippen LogP contribution >= 0.6 is 0 Å². The van der Waals surface area contributed by atoms with E-state index in [1.54, 1.807) is 16.9 Å². The number of rotatable bonds is 7. The van der Waals surface area contributed by atoms with Gasteiger partial charge in [0.2, 0.25) is 5.43 Å². The molecule has 5 rings (SSSR count). The lowest BCUT2D eigenvalue weighted by Gasteiger charge is -2.40. The van der Waals surface area contributed by atoms with Gasteiger partial charge in [-0.3, -0.25) is 9.69 Å². The minimum absolute atomic E-state index is 0.0594. The maximum atomic E-state index is 15.4. The number of carboxylic acid groups (broad SMARTS) is 1. The summed E-state index contributed by atoms with van der Waals surface area (Å²) >= 11 is 0. The summed E-state index contributed by atoms with van der Waals surface area (Å²) < 4.78 is 24.5. The van der Waals surface area contributed by atoms with Gasteiger partial charge in [-0.2, -0.15) is 0 Å². The smallest absolute Gasteiger partial charge is 0.341 e. The molecule has 1 aliphatic rings. The number of aromatic carboxylic acids is 1. The Balaban J connectivity index is 1.44. The number of nitrogens with zero attached hydrogens (tertiary/aromatic N) is 7. The van der Waals surface area contributed by atoms with Crippen LogP contribution in [-0.4, -0.2) is 66.9 Å². The van der Waals surface area contributed by atoms with Gasteiger partial charge in [-0.1, -0.05) is 0 Å². The van der Waals surface area contributed by atoms with Crippen LogP contribution in [0.5, 0.6) is 0 Å². The van der Waals surface area contributed by atoms with E-state index in [1.165, 1.54) is 6.20 Å². The van der Waals surface area contributed by atoms with Gasteiger partial charge in [0, 0.05) is 50.7 Å². The van der Waals surface area contributed by atoms with Crippen molar-refractivity contribution in [2.75, 3.05) is 31.1 Å². The number of tetrazole rings is 1. The molecule has 0 aliphatic carbocycles. The van der Waals surface area contributed by atoms with Crippen molar-refractivity contribution in [3.05, 3.63) is 69.9 Å². The molecule has 4 aromatic rings. The van der Waals surface area contributed by atoms with Gasteiger partial charge in [0.25, 0.3) is 0 Å². The first-order valence-corrected chi connectivity index (χ1v) is 13.0. The fourth-order valence-corrected chi connectivity index (χ4v) is 5.21. The summed E-state index contributed by atoms with van der Waals surface area (Å²) in [6.45, 7) is 10.8.